The summed E-state index contributed by atoms with van der Waals surface area (Å²) in [6, 6.07) is 52.1. The molecule has 1 aliphatic rings. The number of nitrogens with zero attached hydrogens (tertiary/aromatic N) is 2. The van der Waals surface area contributed by atoms with Crippen molar-refractivity contribution in [3.63, 3.8) is 0 Å². The third-order valence-electron chi connectivity index (χ3n) is 9.00. The molecule has 0 radical (unpaired) electrons. The third kappa shape index (κ3) is 5.82. The lowest BCUT2D eigenvalue weighted by Crippen LogP contribution is -2.39. The van der Waals surface area contributed by atoms with E-state index in [0.29, 0.717) is 5.92 Å². The molecule has 1 unspecified atom stereocenters. The molecule has 0 heterocycles. The molecule has 0 aromatic heterocycles. The Morgan fingerprint density at radius 2 is 1.26 bits per heavy atom. The third-order valence-corrected chi connectivity index (χ3v) is 9.00. The van der Waals surface area contributed by atoms with Gasteiger partial charge in [0.1, 0.15) is 0 Å². The van der Waals surface area contributed by atoms with Gasteiger partial charge >= 0.3 is 0 Å². The average Bonchev–Trinajstić information content (AvgIpc) is 3.13. The van der Waals surface area contributed by atoms with Crippen molar-refractivity contribution in [3.8, 4) is 11.1 Å². The van der Waals surface area contributed by atoms with Gasteiger partial charge in [-0.1, -0.05) is 135 Å². The Morgan fingerprint density at radius 3 is 1.98 bits per heavy atom. The van der Waals surface area contributed by atoms with Crippen LogP contribution in [0.15, 0.2) is 183 Å². The highest BCUT2D eigenvalue weighted by Gasteiger charge is 2.23. The average molecular weight is 607 g/mol. The molecule has 7 rings (SSSR count). The van der Waals surface area contributed by atoms with Gasteiger partial charge in [0.25, 0.3) is 0 Å². The molecule has 2 nitrogen and oxygen atoms in total. The summed E-state index contributed by atoms with van der Waals surface area (Å²) in [7, 11) is 0. The zero-order chi connectivity index (χ0) is 32.2. The number of allylic oxidation sites excluding steroid dienone is 3. The normalized spacial score (nSPS) is 14.2. The predicted octanol–water partition coefficient (Wildman–Crippen LogP) is 10.7. The molecule has 228 valence electrons. The van der Waals surface area contributed by atoms with Crippen molar-refractivity contribution < 1.29 is 0 Å². The van der Waals surface area contributed by atoms with Gasteiger partial charge in [-0.25, -0.2) is 0 Å². The van der Waals surface area contributed by atoms with Gasteiger partial charge in [-0.05, 0) is 82.8 Å². The first-order valence-electron chi connectivity index (χ1n) is 16.2. The molecular weight excluding hydrogens is 569 g/mol. The van der Waals surface area contributed by atoms with E-state index in [2.05, 4.69) is 182 Å². The highest BCUT2D eigenvalue weighted by atomic mass is 15.2. The molecular formula is C45H38N2. The van der Waals surface area contributed by atoms with Gasteiger partial charge in [-0.3, -0.25) is 0 Å². The van der Waals surface area contributed by atoms with Crippen molar-refractivity contribution >= 4 is 45.3 Å². The summed E-state index contributed by atoms with van der Waals surface area (Å²) in [4.78, 5) is 4.69. The van der Waals surface area contributed by atoms with Gasteiger partial charge in [-0.15, -0.1) is 0 Å². The number of anilines is 4. The second-order valence-electron chi connectivity index (χ2n) is 11.9. The van der Waals surface area contributed by atoms with Crippen LogP contribution in [0.4, 0.5) is 22.7 Å². The van der Waals surface area contributed by atoms with Crippen molar-refractivity contribution in [2.75, 3.05) is 9.80 Å². The lowest BCUT2D eigenvalue weighted by molar-refractivity contribution is 0.749. The first-order valence-corrected chi connectivity index (χ1v) is 16.2. The van der Waals surface area contributed by atoms with Crippen LogP contribution in [0.5, 0.6) is 0 Å². The number of rotatable bonds is 9. The number of hydrogen-bond acceptors (Lipinski definition) is 2. The molecule has 0 aliphatic heterocycles. The fourth-order valence-corrected chi connectivity index (χ4v) is 6.73. The molecule has 6 aromatic rings. The number of benzene rings is 6. The first-order chi connectivity index (χ1) is 23.2. The predicted molar refractivity (Wildman–Crippen MR) is 202 cm³/mol. The number of para-hydroxylation sites is 1. The van der Waals surface area contributed by atoms with Crippen LogP contribution in [-0.2, 0) is 0 Å². The van der Waals surface area contributed by atoms with E-state index in [4.69, 9.17) is 0 Å². The molecule has 0 saturated carbocycles. The van der Waals surface area contributed by atoms with Crippen molar-refractivity contribution in [2.45, 2.75) is 13.3 Å². The highest BCUT2D eigenvalue weighted by Crippen LogP contribution is 2.40. The van der Waals surface area contributed by atoms with E-state index in [1.54, 1.807) is 0 Å². The maximum Gasteiger partial charge on any atom is 0.0540 e. The van der Waals surface area contributed by atoms with Gasteiger partial charge in [0.15, 0.2) is 0 Å². The molecule has 2 heteroatoms. The summed E-state index contributed by atoms with van der Waals surface area (Å²) in [6.07, 6.45) is 9.13. The molecule has 47 heavy (non-hydrogen) atoms. The fraction of sp³-hybridized carbons (Fsp3) is 0.0667. The standard InChI is InChI=1S/C45H38N2/c1-4-14-38(5-2)47(45-33(3)23-24-37-16-10-12-21-43(37)45)41-31-27-35(28-32-41)34-25-29-40(30-26-34)46(39-18-7-6-8-19-39)44-22-13-17-36-15-9-11-20-42(36)44/h4-22,24-33H,1-2,23H2,3H3. The zero-order valence-electron chi connectivity index (χ0n) is 26.8. The molecule has 0 N–H and O–H groups in total. The largest absolute Gasteiger partial charge is 0.313 e. The van der Waals surface area contributed by atoms with Crippen molar-refractivity contribution in [1.82, 2.24) is 0 Å². The summed E-state index contributed by atoms with van der Waals surface area (Å²) < 4.78 is 0. The maximum absolute atomic E-state index is 4.17. The second kappa shape index (κ2) is 13.2. The van der Waals surface area contributed by atoms with Gasteiger partial charge < -0.3 is 9.80 Å². The zero-order valence-corrected chi connectivity index (χ0v) is 26.8. The van der Waals surface area contributed by atoms with Crippen LogP contribution in [0.25, 0.3) is 33.7 Å². The Morgan fingerprint density at radius 1 is 0.638 bits per heavy atom. The Balaban J connectivity index is 1.27. The van der Waals surface area contributed by atoms with Gasteiger partial charge in [0.2, 0.25) is 0 Å². The van der Waals surface area contributed by atoms with Crippen molar-refractivity contribution in [2.24, 2.45) is 5.92 Å². The van der Waals surface area contributed by atoms with Crippen LogP contribution in [-0.4, -0.2) is 0 Å². The molecule has 0 fully saturated rings. The van der Waals surface area contributed by atoms with Gasteiger partial charge in [0.05, 0.1) is 5.69 Å². The van der Waals surface area contributed by atoms with E-state index < -0.39 is 0 Å². The molecule has 1 atom stereocenters. The molecule has 0 amide bonds. The van der Waals surface area contributed by atoms with E-state index >= 15 is 0 Å². The minimum Gasteiger partial charge on any atom is -0.313 e. The van der Waals surface area contributed by atoms with Crippen LogP contribution in [0.3, 0.4) is 0 Å². The van der Waals surface area contributed by atoms with Crippen molar-refractivity contribution in [3.05, 3.63) is 193 Å². The Bertz CT molecular complexity index is 2200. The molecule has 0 bridgehead atoms. The smallest absolute Gasteiger partial charge is 0.0540 e. The molecule has 0 saturated heterocycles. The summed E-state index contributed by atoms with van der Waals surface area (Å²) in [5.74, 6) is 0.347. The van der Waals surface area contributed by atoms with Gasteiger partial charge in [-0.2, -0.15) is 0 Å². The van der Waals surface area contributed by atoms with Gasteiger partial charge in [0, 0.05) is 45.0 Å². The minimum atomic E-state index is 0.347. The molecule has 1 aliphatic carbocycles. The lowest BCUT2D eigenvalue weighted by atomic mass is 9.93. The van der Waals surface area contributed by atoms with Crippen LogP contribution in [0.2, 0.25) is 0 Å². The van der Waals surface area contributed by atoms with Crippen LogP contribution >= 0.6 is 0 Å². The Labute approximate surface area is 277 Å². The maximum atomic E-state index is 4.17. The second-order valence-corrected chi connectivity index (χ2v) is 11.9. The number of hydrogen-bond donors (Lipinski definition) is 0. The summed E-state index contributed by atoms with van der Waals surface area (Å²) in [5, 5.41) is 4.98. The fourth-order valence-electron chi connectivity index (χ4n) is 6.73. The summed E-state index contributed by atoms with van der Waals surface area (Å²) in [6.45, 7) is 10.5. The summed E-state index contributed by atoms with van der Waals surface area (Å²) in [5.41, 5.74) is 9.12. The van der Waals surface area contributed by atoms with E-state index in [-0.39, 0.29) is 0 Å². The quantitative estimate of drug-likeness (QED) is 0.151. The highest BCUT2D eigenvalue weighted by molar-refractivity contribution is 5.99. The lowest BCUT2D eigenvalue weighted by Gasteiger charge is -2.33. The van der Waals surface area contributed by atoms with Crippen LogP contribution in [0.1, 0.15) is 13.3 Å². The summed E-state index contributed by atoms with van der Waals surface area (Å²) >= 11 is 0. The minimum absolute atomic E-state index is 0.347. The SMILES string of the molecule is C=CC=C(C=C)N(C1=c2ccccc2=CCC1C)c1ccc(-c2ccc(N(c3ccccc3)c3cccc4ccccc34)cc2)cc1. The van der Waals surface area contributed by atoms with E-state index in [1.165, 1.54) is 38.0 Å². The first kappa shape index (κ1) is 29.8. The number of fused-ring (bicyclic) bond motifs is 2. The molecule has 0 spiro atoms. The Kier molecular flexibility index (Phi) is 8.41. The topological polar surface area (TPSA) is 6.48 Å². The van der Waals surface area contributed by atoms with Crippen molar-refractivity contribution in [1.29, 1.82) is 0 Å². The van der Waals surface area contributed by atoms with E-state index in [1.807, 2.05) is 18.2 Å². The van der Waals surface area contributed by atoms with E-state index in [0.717, 1.165) is 34.9 Å². The van der Waals surface area contributed by atoms with E-state index in [9.17, 15) is 0 Å². The Hall–Kier alpha value is -5.86. The van der Waals surface area contributed by atoms with Crippen LogP contribution in [0, 0.1) is 5.92 Å². The monoisotopic (exact) mass is 606 g/mol. The van der Waals surface area contributed by atoms with Crippen LogP contribution < -0.4 is 20.2 Å². The molecule has 6 aromatic carbocycles.